The topological polar surface area (TPSA) is 0 Å². The Morgan fingerprint density at radius 2 is 2.50 bits per heavy atom. The molecular formula is C10H16. The Hall–Kier alpha value is -0.520. The summed E-state index contributed by atoms with van der Waals surface area (Å²) in [6.45, 7) is 5.92. The van der Waals surface area contributed by atoms with Gasteiger partial charge in [0.25, 0.3) is 0 Å². The summed E-state index contributed by atoms with van der Waals surface area (Å²) in [5, 5.41) is 0. The number of allylic oxidation sites excluding steroid dienone is 3. The van der Waals surface area contributed by atoms with Crippen LogP contribution in [0.5, 0.6) is 0 Å². The third-order valence-electron chi connectivity index (χ3n) is 2.36. The molecule has 1 aliphatic carbocycles. The number of hydrogen-bond donors (Lipinski definition) is 0. The van der Waals surface area contributed by atoms with Gasteiger partial charge in [-0.3, -0.25) is 0 Å². The van der Waals surface area contributed by atoms with Crippen molar-refractivity contribution in [1.29, 1.82) is 0 Å². The third kappa shape index (κ3) is 1.50. The van der Waals surface area contributed by atoms with Crippen molar-refractivity contribution in [2.24, 2.45) is 5.92 Å². The molecule has 0 spiro atoms. The van der Waals surface area contributed by atoms with Gasteiger partial charge in [0, 0.05) is 0 Å². The number of rotatable bonds is 2. The molecule has 1 unspecified atom stereocenters. The summed E-state index contributed by atoms with van der Waals surface area (Å²) >= 11 is 0. The average Bonchev–Trinajstić information content (AvgIpc) is 2.36. The van der Waals surface area contributed by atoms with Crippen LogP contribution in [0.15, 0.2) is 24.3 Å². The lowest BCUT2D eigenvalue weighted by Gasteiger charge is -2.06. The highest BCUT2D eigenvalue weighted by atomic mass is 14.2. The second-order valence-corrected chi connectivity index (χ2v) is 2.98. The van der Waals surface area contributed by atoms with E-state index in [1.54, 1.807) is 5.57 Å². The van der Waals surface area contributed by atoms with Crippen molar-refractivity contribution in [2.75, 3.05) is 0 Å². The largest absolute Gasteiger partial charge is 0.103 e. The van der Waals surface area contributed by atoms with E-state index in [9.17, 15) is 0 Å². The van der Waals surface area contributed by atoms with Crippen LogP contribution in [0.3, 0.4) is 0 Å². The Morgan fingerprint density at radius 3 is 3.10 bits per heavy atom. The van der Waals surface area contributed by atoms with Crippen LogP contribution >= 0.6 is 0 Å². The molecule has 0 aliphatic heterocycles. The molecule has 56 valence electrons. The summed E-state index contributed by atoms with van der Waals surface area (Å²) in [5.41, 5.74) is 1.65. The minimum Gasteiger partial charge on any atom is -0.103 e. The Balaban J connectivity index is 2.50. The maximum absolute atomic E-state index is 3.77. The highest BCUT2D eigenvalue weighted by molar-refractivity contribution is 5.11. The fraction of sp³-hybridized carbons (Fsp3) is 0.600. The zero-order valence-electron chi connectivity index (χ0n) is 6.77. The molecule has 0 aromatic heterocycles. The molecule has 0 nitrogen and oxygen atoms in total. The molecule has 1 saturated carbocycles. The Labute approximate surface area is 63.6 Å². The van der Waals surface area contributed by atoms with E-state index in [0.717, 1.165) is 5.92 Å². The highest BCUT2D eigenvalue weighted by Crippen LogP contribution is 2.33. The smallest absolute Gasteiger partial charge is 0.0169 e. The second kappa shape index (κ2) is 3.60. The maximum Gasteiger partial charge on any atom is -0.0169 e. The zero-order chi connectivity index (χ0) is 7.40. The SMILES string of the molecule is C=CCC1CCC/C1=C/C. The number of hydrogen-bond acceptors (Lipinski definition) is 0. The van der Waals surface area contributed by atoms with E-state index in [0.29, 0.717) is 0 Å². The molecular weight excluding hydrogens is 120 g/mol. The molecule has 1 rings (SSSR count). The summed E-state index contributed by atoms with van der Waals surface area (Å²) in [7, 11) is 0. The minimum absolute atomic E-state index is 0.836. The van der Waals surface area contributed by atoms with E-state index < -0.39 is 0 Å². The van der Waals surface area contributed by atoms with Gasteiger partial charge in [0.05, 0.1) is 0 Å². The van der Waals surface area contributed by atoms with Gasteiger partial charge >= 0.3 is 0 Å². The molecule has 1 aliphatic rings. The zero-order valence-corrected chi connectivity index (χ0v) is 6.77. The molecule has 0 radical (unpaired) electrons. The first kappa shape index (κ1) is 7.59. The van der Waals surface area contributed by atoms with Crippen LogP contribution in [0.25, 0.3) is 0 Å². The van der Waals surface area contributed by atoms with Crippen molar-refractivity contribution >= 4 is 0 Å². The highest BCUT2D eigenvalue weighted by Gasteiger charge is 2.17. The minimum atomic E-state index is 0.836. The fourth-order valence-electron chi connectivity index (χ4n) is 1.79. The van der Waals surface area contributed by atoms with Gasteiger partial charge < -0.3 is 0 Å². The van der Waals surface area contributed by atoms with E-state index in [2.05, 4.69) is 19.6 Å². The summed E-state index contributed by atoms with van der Waals surface area (Å²) < 4.78 is 0. The van der Waals surface area contributed by atoms with Gasteiger partial charge in [-0.2, -0.15) is 0 Å². The summed E-state index contributed by atoms with van der Waals surface area (Å²) in [4.78, 5) is 0. The second-order valence-electron chi connectivity index (χ2n) is 2.98. The van der Waals surface area contributed by atoms with Gasteiger partial charge in [0.1, 0.15) is 0 Å². The molecule has 0 heterocycles. The monoisotopic (exact) mass is 136 g/mol. The molecule has 0 saturated heterocycles. The molecule has 1 atom stereocenters. The maximum atomic E-state index is 3.77. The van der Waals surface area contributed by atoms with E-state index in [4.69, 9.17) is 0 Å². The van der Waals surface area contributed by atoms with E-state index in [-0.39, 0.29) is 0 Å². The van der Waals surface area contributed by atoms with Crippen LogP contribution in [0.2, 0.25) is 0 Å². The average molecular weight is 136 g/mol. The summed E-state index contributed by atoms with van der Waals surface area (Å²) in [5.74, 6) is 0.836. The third-order valence-corrected chi connectivity index (χ3v) is 2.36. The van der Waals surface area contributed by atoms with Gasteiger partial charge in [0.15, 0.2) is 0 Å². The Bertz CT molecular complexity index is 142. The van der Waals surface area contributed by atoms with Crippen LogP contribution in [0.1, 0.15) is 32.6 Å². The molecule has 0 amide bonds. The van der Waals surface area contributed by atoms with Crippen molar-refractivity contribution < 1.29 is 0 Å². The van der Waals surface area contributed by atoms with Crippen molar-refractivity contribution in [3.63, 3.8) is 0 Å². The van der Waals surface area contributed by atoms with Gasteiger partial charge in [-0.1, -0.05) is 17.7 Å². The van der Waals surface area contributed by atoms with Crippen LogP contribution in [-0.2, 0) is 0 Å². The molecule has 0 bridgehead atoms. The van der Waals surface area contributed by atoms with Crippen LogP contribution in [0, 0.1) is 5.92 Å². The molecule has 0 heteroatoms. The molecule has 1 fully saturated rings. The molecule has 0 N–H and O–H groups in total. The summed E-state index contributed by atoms with van der Waals surface area (Å²) in [6.07, 6.45) is 9.60. The van der Waals surface area contributed by atoms with Crippen LogP contribution in [-0.4, -0.2) is 0 Å². The van der Waals surface area contributed by atoms with Gasteiger partial charge in [-0.05, 0) is 38.5 Å². The van der Waals surface area contributed by atoms with E-state index in [1.165, 1.54) is 25.7 Å². The molecule has 10 heavy (non-hydrogen) atoms. The van der Waals surface area contributed by atoms with Crippen molar-refractivity contribution in [1.82, 2.24) is 0 Å². The first-order valence-electron chi connectivity index (χ1n) is 4.14. The normalized spacial score (nSPS) is 29.3. The quantitative estimate of drug-likeness (QED) is 0.511. The predicted octanol–water partition coefficient (Wildman–Crippen LogP) is 3.31. The Kier molecular flexibility index (Phi) is 2.73. The predicted molar refractivity (Wildman–Crippen MR) is 45.9 cm³/mol. The Morgan fingerprint density at radius 1 is 1.70 bits per heavy atom. The van der Waals surface area contributed by atoms with Crippen LogP contribution < -0.4 is 0 Å². The van der Waals surface area contributed by atoms with Crippen molar-refractivity contribution in [3.8, 4) is 0 Å². The summed E-state index contributed by atoms with van der Waals surface area (Å²) in [6, 6.07) is 0. The molecule has 0 aromatic carbocycles. The van der Waals surface area contributed by atoms with Crippen LogP contribution in [0.4, 0.5) is 0 Å². The van der Waals surface area contributed by atoms with Crippen molar-refractivity contribution in [3.05, 3.63) is 24.3 Å². The van der Waals surface area contributed by atoms with Gasteiger partial charge in [-0.25, -0.2) is 0 Å². The fourth-order valence-corrected chi connectivity index (χ4v) is 1.79. The standard InChI is InChI=1S/C10H16/c1-3-6-10-8-5-7-9(10)4-2/h3-4,10H,1,5-8H2,2H3/b9-4-. The first-order valence-corrected chi connectivity index (χ1v) is 4.14. The van der Waals surface area contributed by atoms with Gasteiger partial charge in [-0.15, -0.1) is 6.58 Å². The van der Waals surface area contributed by atoms with Gasteiger partial charge in [0.2, 0.25) is 0 Å². The van der Waals surface area contributed by atoms with E-state index >= 15 is 0 Å². The first-order chi connectivity index (χ1) is 4.88. The molecule has 0 aromatic rings. The van der Waals surface area contributed by atoms with Crippen molar-refractivity contribution in [2.45, 2.75) is 32.6 Å². The lowest BCUT2D eigenvalue weighted by Crippen LogP contribution is -1.93. The lowest BCUT2D eigenvalue weighted by molar-refractivity contribution is 0.638. The van der Waals surface area contributed by atoms with E-state index in [1.807, 2.05) is 6.08 Å². The lowest BCUT2D eigenvalue weighted by atomic mass is 9.99.